The second kappa shape index (κ2) is 9.27. The predicted octanol–water partition coefficient (Wildman–Crippen LogP) is 1.81. The van der Waals surface area contributed by atoms with E-state index in [0.717, 1.165) is 11.1 Å². The van der Waals surface area contributed by atoms with Gasteiger partial charge in [0.1, 0.15) is 5.84 Å². The highest BCUT2D eigenvalue weighted by atomic mass is 16.7. The van der Waals surface area contributed by atoms with E-state index in [1.54, 1.807) is 24.3 Å². The average Bonchev–Trinajstić information content (AvgIpc) is 3.52. The van der Waals surface area contributed by atoms with Crippen LogP contribution in [0.25, 0.3) is 0 Å². The Hall–Kier alpha value is -3.92. The Kier molecular flexibility index (Phi) is 6.13. The Balaban J connectivity index is 1.46. The first kappa shape index (κ1) is 23.8. The minimum atomic E-state index is -0.595. The van der Waals surface area contributed by atoms with Gasteiger partial charge in [-0.25, -0.2) is 0 Å². The summed E-state index contributed by atoms with van der Waals surface area (Å²) < 4.78 is 15.6. The highest BCUT2D eigenvalue weighted by Gasteiger charge is 2.61. The first-order valence-corrected chi connectivity index (χ1v) is 11.8. The van der Waals surface area contributed by atoms with E-state index in [1.807, 2.05) is 30.1 Å². The Morgan fingerprint density at radius 1 is 1.08 bits per heavy atom. The molecule has 0 unspecified atom stereocenters. The zero-order valence-electron chi connectivity index (χ0n) is 20.1. The fourth-order valence-corrected chi connectivity index (χ4v) is 5.66. The van der Waals surface area contributed by atoms with Crippen molar-refractivity contribution >= 4 is 23.6 Å². The third-order valence-electron chi connectivity index (χ3n) is 7.42. The molecule has 0 aliphatic carbocycles. The average molecular weight is 493 g/mol. The number of nitrogens with zero attached hydrogens (tertiary/aromatic N) is 2. The molecule has 5 rings (SSSR count). The van der Waals surface area contributed by atoms with E-state index in [-0.39, 0.29) is 55.5 Å². The second-order valence-corrected chi connectivity index (χ2v) is 9.33. The zero-order valence-corrected chi connectivity index (χ0v) is 20.1. The largest absolute Gasteiger partial charge is 0.469 e. The summed E-state index contributed by atoms with van der Waals surface area (Å²) in [5.41, 5.74) is 7.80. The van der Waals surface area contributed by atoms with Gasteiger partial charge in [0.05, 0.1) is 25.5 Å². The topological polar surface area (TPSA) is 135 Å². The van der Waals surface area contributed by atoms with Gasteiger partial charge in [-0.1, -0.05) is 30.3 Å². The van der Waals surface area contributed by atoms with Gasteiger partial charge in [0.2, 0.25) is 18.6 Å². The molecule has 3 aliphatic heterocycles. The number of methoxy groups -OCH3 is 1. The molecule has 2 aromatic carbocycles. The molecule has 0 saturated carbocycles. The van der Waals surface area contributed by atoms with Crippen LogP contribution >= 0.6 is 0 Å². The van der Waals surface area contributed by atoms with E-state index in [0.29, 0.717) is 23.5 Å². The molecule has 36 heavy (non-hydrogen) atoms. The van der Waals surface area contributed by atoms with Gasteiger partial charge < -0.3 is 19.9 Å². The Bertz CT molecular complexity index is 1230. The lowest BCUT2D eigenvalue weighted by Gasteiger charge is -2.30. The molecule has 2 saturated heterocycles. The molecule has 10 heteroatoms. The minimum absolute atomic E-state index is 0.0443. The maximum Gasteiger partial charge on any atom is 0.305 e. The molecule has 0 spiro atoms. The number of nitrogen functional groups attached to an aromatic ring is 1. The molecule has 3 N–H and O–H groups in total. The smallest absolute Gasteiger partial charge is 0.305 e. The number of hydrogen-bond donors (Lipinski definition) is 2. The maximum absolute atomic E-state index is 13.8. The monoisotopic (exact) mass is 492 g/mol. The van der Waals surface area contributed by atoms with Crippen LogP contribution in [0.15, 0.2) is 42.5 Å². The quantitative estimate of drug-likeness (QED) is 0.259. The number of ether oxygens (including phenoxy) is 3. The van der Waals surface area contributed by atoms with Gasteiger partial charge in [-0.15, -0.1) is 0 Å². The number of esters is 1. The highest BCUT2D eigenvalue weighted by molar-refractivity contribution is 6.06. The van der Waals surface area contributed by atoms with Crippen LogP contribution in [0.3, 0.4) is 0 Å². The molecular weight excluding hydrogens is 464 g/mol. The van der Waals surface area contributed by atoms with E-state index < -0.39 is 11.8 Å². The molecule has 0 aromatic heterocycles. The maximum atomic E-state index is 13.8. The summed E-state index contributed by atoms with van der Waals surface area (Å²) in [4.78, 5) is 42.7. The van der Waals surface area contributed by atoms with Crippen LogP contribution in [-0.4, -0.2) is 60.4 Å². The van der Waals surface area contributed by atoms with Crippen molar-refractivity contribution in [1.29, 1.82) is 5.41 Å². The summed E-state index contributed by atoms with van der Waals surface area (Å²) in [7, 11) is 3.22. The molecule has 10 nitrogen and oxygen atoms in total. The first-order valence-electron chi connectivity index (χ1n) is 11.8. The van der Waals surface area contributed by atoms with E-state index in [4.69, 9.17) is 25.4 Å². The van der Waals surface area contributed by atoms with Crippen molar-refractivity contribution in [3.8, 4) is 11.5 Å². The van der Waals surface area contributed by atoms with Gasteiger partial charge >= 0.3 is 5.97 Å². The summed E-state index contributed by atoms with van der Waals surface area (Å²) >= 11 is 0. The van der Waals surface area contributed by atoms with Crippen molar-refractivity contribution in [3.63, 3.8) is 0 Å². The molecule has 2 fully saturated rings. The third-order valence-corrected chi connectivity index (χ3v) is 7.42. The first-order chi connectivity index (χ1) is 17.3. The van der Waals surface area contributed by atoms with Crippen LogP contribution in [0.2, 0.25) is 0 Å². The van der Waals surface area contributed by atoms with Crippen molar-refractivity contribution in [2.24, 2.45) is 17.6 Å². The number of benzene rings is 2. The molecule has 0 bridgehead atoms. The zero-order chi connectivity index (χ0) is 25.6. The van der Waals surface area contributed by atoms with Gasteiger partial charge in [0, 0.05) is 24.1 Å². The normalized spacial score (nSPS) is 24.8. The van der Waals surface area contributed by atoms with Gasteiger partial charge in [-0.05, 0) is 36.7 Å². The summed E-state index contributed by atoms with van der Waals surface area (Å²) in [5, 5.41) is 7.66. The molecule has 2 amide bonds. The van der Waals surface area contributed by atoms with Crippen LogP contribution in [0.1, 0.15) is 35.6 Å². The second-order valence-electron chi connectivity index (χ2n) is 9.33. The molecule has 3 heterocycles. The third kappa shape index (κ3) is 3.97. The summed E-state index contributed by atoms with van der Waals surface area (Å²) in [6.45, 7) is 0.271. The Morgan fingerprint density at radius 2 is 1.78 bits per heavy atom. The Labute approximate surface area is 208 Å². The molecule has 4 atom stereocenters. The van der Waals surface area contributed by atoms with E-state index in [1.165, 1.54) is 12.0 Å². The van der Waals surface area contributed by atoms with Gasteiger partial charge in [0.25, 0.3) is 0 Å². The van der Waals surface area contributed by atoms with Crippen LogP contribution in [-0.2, 0) is 25.7 Å². The van der Waals surface area contributed by atoms with E-state index in [2.05, 4.69) is 0 Å². The van der Waals surface area contributed by atoms with Gasteiger partial charge in [-0.2, -0.15) is 0 Å². The minimum Gasteiger partial charge on any atom is -0.469 e. The van der Waals surface area contributed by atoms with Crippen LogP contribution in [0.4, 0.5) is 0 Å². The van der Waals surface area contributed by atoms with Crippen molar-refractivity contribution in [2.75, 3.05) is 21.0 Å². The molecule has 3 aliphatic rings. The van der Waals surface area contributed by atoms with Crippen molar-refractivity contribution in [2.45, 2.75) is 31.5 Å². The molecule has 0 radical (unpaired) electrons. The fourth-order valence-electron chi connectivity index (χ4n) is 5.66. The molecular formula is C26H28N4O6. The number of rotatable bonds is 7. The van der Waals surface area contributed by atoms with Crippen molar-refractivity contribution in [3.05, 3.63) is 59.2 Å². The van der Waals surface area contributed by atoms with E-state index >= 15 is 0 Å². The lowest BCUT2D eigenvalue weighted by molar-refractivity contribution is -0.144. The predicted molar refractivity (Wildman–Crippen MR) is 128 cm³/mol. The number of carbonyl (C=O) groups excluding carboxylic acids is 3. The standard InChI is InChI=1S/C26H28N4O6/c1-29-17(8-10-20(31)34-2)21-22(23(29)15-4-6-16(7-5-15)24(27)28)26(33)30(25(21)32)12-14-3-9-18-19(11-14)36-13-35-18/h3-7,9,11,17,21-23H,8,10,12-13H2,1-2H3,(H3,27,28)/t17-,21-,22-,23-/m0/s1. The number of nitrogens with one attached hydrogen (secondary N) is 1. The number of amidine groups is 1. The number of fused-ring (bicyclic) bond motifs is 2. The van der Waals surface area contributed by atoms with Gasteiger partial charge in [0.15, 0.2) is 11.5 Å². The SMILES string of the molecule is COC(=O)CC[C@H]1[C@@H]2C(=O)N(Cc3ccc4c(c3)OCO4)C(=O)[C@@H]2[C@H](c2ccc(C(=N)N)cc2)N1C. The van der Waals surface area contributed by atoms with Crippen molar-refractivity contribution in [1.82, 2.24) is 9.80 Å². The van der Waals surface area contributed by atoms with Gasteiger partial charge in [-0.3, -0.25) is 29.6 Å². The number of carbonyl (C=O) groups is 3. The summed E-state index contributed by atoms with van der Waals surface area (Å²) in [5.74, 6) is -0.844. The van der Waals surface area contributed by atoms with Crippen LogP contribution < -0.4 is 15.2 Å². The lowest BCUT2D eigenvalue weighted by Crippen LogP contribution is -2.40. The molecule has 2 aromatic rings. The van der Waals surface area contributed by atoms with E-state index in [9.17, 15) is 14.4 Å². The van der Waals surface area contributed by atoms with Crippen LogP contribution in [0.5, 0.6) is 11.5 Å². The number of nitrogens with two attached hydrogens (primary N) is 1. The fraction of sp³-hybridized carbons (Fsp3) is 0.385. The molecule has 188 valence electrons. The number of likely N-dealkylation sites (tertiary alicyclic amines) is 2. The highest BCUT2D eigenvalue weighted by Crippen LogP contribution is 2.50. The summed E-state index contributed by atoms with van der Waals surface area (Å²) in [6.07, 6.45) is 0.539. The number of amides is 2. The number of imide groups is 1. The van der Waals surface area contributed by atoms with Crippen LogP contribution in [0, 0.1) is 17.2 Å². The van der Waals surface area contributed by atoms with Crippen molar-refractivity contribution < 1.29 is 28.6 Å². The Morgan fingerprint density at radius 3 is 2.47 bits per heavy atom. The number of hydrogen-bond acceptors (Lipinski definition) is 8. The summed E-state index contributed by atoms with van der Waals surface area (Å²) in [6, 6.07) is 11.9. The lowest BCUT2D eigenvalue weighted by atomic mass is 9.85.